The van der Waals surface area contributed by atoms with Crippen LogP contribution in [0.4, 0.5) is 5.69 Å². The summed E-state index contributed by atoms with van der Waals surface area (Å²) in [6, 6.07) is 14.5. The van der Waals surface area contributed by atoms with E-state index >= 15 is 0 Å². The molecule has 1 unspecified atom stereocenters. The number of ether oxygens (including phenoxy) is 1. The van der Waals surface area contributed by atoms with Crippen molar-refractivity contribution in [2.45, 2.75) is 104 Å². The number of hydrogen-bond donors (Lipinski definition) is 6. The van der Waals surface area contributed by atoms with Crippen molar-refractivity contribution in [1.29, 1.82) is 0 Å². The molecule has 1 aliphatic carbocycles. The molecular weight excluding hydrogens is 604 g/mol. The average molecular weight is 673 g/mol. The maximum absolute atomic E-state index is 10.8. The number of aromatic hydroxyl groups is 1. The highest BCUT2D eigenvalue weighted by molar-refractivity contribution is 5.51. The SMILES string of the molecule is C1CCNC1.CC(C)(C)C.CO.CO.O=CNCCC(CCc1ccc(O)c(C2CCCCC2)c1)Oc1cccc(N2CCNCC2)c1. The predicted octanol–water partition coefficient (Wildman–Crippen LogP) is 6.01. The van der Waals surface area contributed by atoms with Gasteiger partial charge in [0.15, 0.2) is 0 Å². The number of phenols is 1. The van der Waals surface area contributed by atoms with Crippen LogP contribution in [0, 0.1) is 5.41 Å². The molecule has 2 heterocycles. The summed E-state index contributed by atoms with van der Waals surface area (Å²) in [5.74, 6) is 1.79. The normalized spacial score (nSPS) is 16.6. The molecule has 2 saturated heterocycles. The van der Waals surface area contributed by atoms with Crippen LogP contribution < -0.4 is 25.6 Å². The van der Waals surface area contributed by atoms with E-state index in [0.29, 0.717) is 23.6 Å². The number of carbonyl (C=O) groups excluding carboxylic acids is 1. The molecule has 274 valence electrons. The Kier molecular flexibility index (Phi) is 23.5. The number of hydrogen-bond acceptors (Lipinski definition) is 8. The summed E-state index contributed by atoms with van der Waals surface area (Å²) in [7, 11) is 2.00. The van der Waals surface area contributed by atoms with E-state index in [1.54, 1.807) is 0 Å². The summed E-state index contributed by atoms with van der Waals surface area (Å²) < 4.78 is 6.44. The Bertz CT molecular complexity index is 1060. The Hall–Kier alpha value is -2.85. The number of aliphatic hydroxyl groups excluding tert-OH is 2. The van der Waals surface area contributed by atoms with Crippen LogP contribution >= 0.6 is 0 Å². The number of piperazine rings is 1. The van der Waals surface area contributed by atoms with Crippen molar-refractivity contribution in [1.82, 2.24) is 16.0 Å². The summed E-state index contributed by atoms with van der Waals surface area (Å²) in [6.45, 7) is 15.8. The van der Waals surface area contributed by atoms with Gasteiger partial charge in [-0.05, 0) is 92.3 Å². The number of benzene rings is 2. The van der Waals surface area contributed by atoms with Crippen LogP contribution in [0.15, 0.2) is 42.5 Å². The molecule has 2 aromatic carbocycles. The van der Waals surface area contributed by atoms with Gasteiger partial charge < -0.3 is 40.9 Å². The molecule has 2 aliphatic heterocycles. The lowest BCUT2D eigenvalue weighted by Crippen LogP contribution is -2.43. The lowest BCUT2D eigenvalue weighted by atomic mass is 9.83. The highest BCUT2D eigenvalue weighted by Gasteiger charge is 2.20. The Labute approximate surface area is 291 Å². The molecule has 0 bridgehead atoms. The van der Waals surface area contributed by atoms with Crippen molar-refractivity contribution < 1.29 is 24.9 Å². The van der Waals surface area contributed by atoms with Crippen molar-refractivity contribution in [3.63, 3.8) is 0 Å². The summed E-state index contributed by atoms with van der Waals surface area (Å²) in [4.78, 5) is 13.2. The van der Waals surface area contributed by atoms with E-state index in [-0.39, 0.29) is 6.10 Å². The van der Waals surface area contributed by atoms with Gasteiger partial charge in [-0.2, -0.15) is 0 Å². The number of anilines is 1. The quantitative estimate of drug-likeness (QED) is 0.127. The minimum atomic E-state index is -0.00217. The molecule has 3 fully saturated rings. The molecule has 2 aromatic rings. The van der Waals surface area contributed by atoms with Crippen molar-refractivity contribution in [2.24, 2.45) is 5.41 Å². The van der Waals surface area contributed by atoms with Gasteiger partial charge in [0, 0.05) is 65.1 Å². The summed E-state index contributed by atoms with van der Waals surface area (Å²) >= 11 is 0. The minimum Gasteiger partial charge on any atom is -0.508 e. The zero-order valence-electron chi connectivity index (χ0n) is 30.9. The molecule has 0 aromatic heterocycles. The van der Waals surface area contributed by atoms with Crippen LogP contribution in [-0.4, -0.2) is 87.9 Å². The highest BCUT2D eigenvalue weighted by Crippen LogP contribution is 2.37. The highest BCUT2D eigenvalue weighted by atomic mass is 16.5. The van der Waals surface area contributed by atoms with E-state index in [2.05, 4.69) is 72.8 Å². The summed E-state index contributed by atoms with van der Waals surface area (Å²) in [6.07, 6.45) is 12.2. The Morgan fingerprint density at radius 2 is 1.50 bits per heavy atom. The predicted molar refractivity (Wildman–Crippen MR) is 200 cm³/mol. The number of carbonyl (C=O) groups is 1. The third kappa shape index (κ3) is 19.2. The van der Waals surface area contributed by atoms with Gasteiger partial charge in [0.1, 0.15) is 17.6 Å². The number of nitrogens with one attached hydrogen (secondary N) is 3. The van der Waals surface area contributed by atoms with E-state index < -0.39 is 0 Å². The van der Waals surface area contributed by atoms with Gasteiger partial charge in [0.2, 0.25) is 6.41 Å². The monoisotopic (exact) mass is 673 g/mol. The molecule has 9 nitrogen and oxygen atoms in total. The fourth-order valence-corrected chi connectivity index (χ4v) is 5.89. The van der Waals surface area contributed by atoms with Gasteiger partial charge in [0.25, 0.3) is 0 Å². The lowest BCUT2D eigenvalue weighted by Gasteiger charge is -2.30. The van der Waals surface area contributed by atoms with E-state index in [9.17, 15) is 9.90 Å². The maximum Gasteiger partial charge on any atom is 0.207 e. The molecule has 9 heteroatoms. The lowest BCUT2D eigenvalue weighted by molar-refractivity contribution is -0.109. The third-order valence-corrected chi connectivity index (χ3v) is 8.15. The van der Waals surface area contributed by atoms with Crippen molar-refractivity contribution in [3.05, 3.63) is 53.6 Å². The van der Waals surface area contributed by atoms with Crippen LogP contribution in [0.2, 0.25) is 0 Å². The van der Waals surface area contributed by atoms with Crippen LogP contribution in [-0.2, 0) is 11.2 Å². The van der Waals surface area contributed by atoms with Gasteiger partial charge in [0.05, 0.1) is 0 Å². The molecule has 1 atom stereocenters. The molecule has 0 spiro atoms. The standard InChI is InChI=1S/C28H39N3O3.C5H12.C4H9N.2CH4O/c32-21-30-14-13-25(34-26-8-4-7-24(20-26)31-17-15-29-16-18-31)11-9-22-10-12-28(33)27(19-22)23-5-2-1-3-6-23;1-5(2,3)4;1-2-4-5-3-1;2*1-2/h4,7-8,10,12,19-21,23,25,29,33H,1-3,5-6,9,11,13-18H2,(H,30,32);1-4H3;5H,1-4H2;2*2H,1H3. The smallest absolute Gasteiger partial charge is 0.207 e. The number of amides is 1. The molecule has 6 N–H and O–H groups in total. The summed E-state index contributed by atoms with van der Waals surface area (Å²) in [5, 5.41) is 33.9. The van der Waals surface area contributed by atoms with E-state index in [4.69, 9.17) is 14.9 Å². The van der Waals surface area contributed by atoms with Crippen LogP contribution in [0.3, 0.4) is 0 Å². The van der Waals surface area contributed by atoms with Crippen LogP contribution in [0.1, 0.15) is 103 Å². The summed E-state index contributed by atoms with van der Waals surface area (Å²) in [5.41, 5.74) is 4.05. The molecule has 48 heavy (non-hydrogen) atoms. The van der Waals surface area contributed by atoms with Gasteiger partial charge in [-0.25, -0.2) is 0 Å². The first-order valence-electron chi connectivity index (χ1n) is 18.0. The largest absolute Gasteiger partial charge is 0.508 e. The Morgan fingerprint density at radius 3 is 2.08 bits per heavy atom. The second-order valence-corrected chi connectivity index (χ2v) is 14.1. The number of aliphatic hydroxyl groups is 2. The van der Waals surface area contributed by atoms with Gasteiger partial charge >= 0.3 is 0 Å². The van der Waals surface area contributed by atoms with Crippen molar-refractivity contribution in [3.8, 4) is 11.5 Å². The van der Waals surface area contributed by atoms with Crippen LogP contribution in [0.5, 0.6) is 11.5 Å². The van der Waals surface area contributed by atoms with Gasteiger partial charge in [-0.15, -0.1) is 0 Å². The average Bonchev–Trinajstić information content (AvgIpc) is 3.71. The molecule has 1 saturated carbocycles. The number of aryl methyl sites for hydroxylation is 1. The molecule has 0 radical (unpaired) electrons. The van der Waals surface area contributed by atoms with Crippen molar-refractivity contribution >= 4 is 12.1 Å². The fourth-order valence-electron chi connectivity index (χ4n) is 5.89. The molecular formula is C39H68N4O5. The Balaban J connectivity index is 0.000000695. The first-order chi connectivity index (χ1) is 23.2. The van der Waals surface area contributed by atoms with E-state index in [0.717, 1.165) is 77.4 Å². The molecule has 5 rings (SSSR count). The van der Waals surface area contributed by atoms with E-state index in [1.165, 1.54) is 69.3 Å². The number of phenolic OH excluding ortho intramolecular Hbond substituents is 1. The van der Waals surface area contributed by atoms with Crippen molar-refractivity contribution in [2.75, 3.05) is 64.9 Å². The van der Waals surface area contributed by atoms with Crippen LogP contribution in [0.25, 0.3) is 0 Å². The third-order valence-electron chi connectivity index (χ3n) is 8.15. The first kappa shape index (κ1) is 43.2. The van der Waals surface area contributed by atoms with Gasteiger partial charge in [-0.3, -0.25) is 4.79 Å². The second kappa shape index (κ2) is 26.1. The molecule has 1 amide bonds. The van der Waals surface area contributed by atoms with Gasteiger partial charge in [-0.1, -0.05) is 65.2 Å². The zero-order valence-corrected chi connectivity index (χ0v) is 30.9. The zero-order chi connectivity index (χ0) is 35.6. The molecule has 3 aliphatic rings. The minimum absolute atomic E-state index is 0.00217. The topological polar surface area (TPSA) is 126 Å². The first-order valence-corrected chi connectivity index (χ1v) is 18.0. The number of nitrogens with zero attached hydrogens (tertiary/aromatic N) is 1. The fraction of sp³-hybridized carbons (Fsp3) is 0.667. The Morgan fingerprint density at radius 1 is 0.875 bits per heavy atom. The number of rotatable bonds is 11. The van der Waals surface area contributed by atoms with E-state index in [1.807, 2.05) is 18.2 Å². The second-order valence-electron chi connectivity index (χ2n) is 14.1. The maximum atomic E-state index is 10.8.